The first kappa shape index (κ1) is 24.5. The van der Waals surface area contributed by atoms with Gasteiger partial charge in [0.15, 0.2) is 17.5 Å². The summed E-state index contributed by atoms with van der Waals surface area (Å²) in [4.78, 5) is 15.6. The molecule has 9 nitrogen and oxygen atoms in total. The molecule has 2 aromatic carbocycles. The summed E-state index contributed by atoms with van der Waals surface area (Å²) in [5.41, 5.74) is 2.63. The summed E-state index contributed by atoms with van der Waals surface area (Å²) in [5, 5.41) is 32.6. The lowest BCUT2D eigenvalue weighted by molar-refractivity contribution is 0.189. The molecule has 184 valence electrons. The first-order chi connectivity index (χ1) is 17.4. The molecule has 0 spiro atoms. The van der Waals surface area contributed by atoms with Gasteiger partial charge in [0.25, 0.3) is 0 Å². The quantitative estimate of drug-likeness (QED) is 0.265. The monoisotopic (exact) mass is 487 g/mol. The van der Waals surface area contributed by atoms with Gasteiger partial charge in [-0.3, -0.25) is 4.68 Å². The number of hydrogen-bond acceptors (Lipinski definition) is 6. The van der Waals surface area contributed by atoms with Crippen molar-refractivity contribution in [1.29, 1.82) is 5.26 Å². The Balaban J connectivity index is 1.64. The van der Waals surface area contributed by atoms with Crippen molar-refractivity contribution < 1.29 is 14.3 Å². The number of nitrogens with zero attached hydrogens (tertiary/aromatic N) is 4. The van der Waals surface area contributed by atoms with Crippen molar-refractivity contribution in [2.45, 2.75) is 38.9 Å². The van der Waals surface area contributed by atoms with Gasteiger partial charge in [-0.05, 0) is 50.1 Å². The second-order valence-electron chi connectivity index (χ2n) is 8.36. The molecule has 0 radical (unpaired) electrons. The summed E-state index contributed by atoms with van der Waals surface area (Å²) in [5.74, 6) is -0.616. The van der Waals surface area contributed by atoms with Crippen LogP contribution in [0.5, 0.6) is 0 Å². The van der Waals surface area contributed by atoms with Gasteiger partial charge in [-0.15, -0.1) is 0 Å². The largest absolute Gasteiger partial charge is 0.465 e. The van der Waals surface area contributed by atoms with Crippen LogP contribution in [-0.4, -0.2) is 38.0 Å². The summed E-state index contributed by atoms with van der Waals surface area (Å²) in [6.45, 7) is 4.44. The van der Waals surface area contributed by atoms with Crippen LogP contribution in [0.3, 0.4) is 0 Å². The normalized spacial score (nSPS) is 12.5. The number of pyridine rings is 1. The van der Waals surface area contributed by atoms with E-state index < -0.39 is 24.0 Å². The van der Waals surface area contributed by atoms with Crippen molar-refractivity contribution in [3.05, 3.63) is 77.7 Å². The molecule has 0 aliphatic carbocycles. The third kappa shape index (κ3) is 5.52. The van der Waals surface area contributed by atoms with Gasteiger partial charge in [0, 0.05) is 23.7 Å². The molecule has 0 aliphatic rings. The number of hydrogen-bond donors (Lipinski definition) is 4. The van der Waals surface area contributed by atoms with Crippen molar-refractivity contribution in [3.8, 4) is 6.07 Å². The first-order valence-corrected chi connectivity index (χ1v) is 11.5. The minimum Gasteiger partial charge on any atom is -0.465 e. The summed E-state index contributed by atoms with van der Waals surface area (Å²) in [7, 11) is 0. The van der Waals surface area contributed by atoms with Gasteiger partial charge in [0.05, 0.1) is 23.3 Å². The number of aryl methyl sites for hydroxylation is 1. The van der Waals surface area contributed by atoms with E-state index in [4.69, 9.17) is 0 Å². The van der Waals surface area contributed by atoms with Gasteiger partial charge in [-0.2, -0.15) is 10.4 Å². The van der Waals surface area contributed by atoms with Crippen molar-refractivity contribution in [2.75, 3.05) is 10.6 Å². The van der Waals surface area contributed by atoms with E-state index in [1.807, 2.05) is 66.2 Å². The molecule has 0 fully saturated rings. The van der Waals surface area contributed by atoms with Crippen molar-refractivity contribution in [3.63, 3.8) is 0 Å². The van der Waals surface area contributed by atoms with E-state index in [-0.39, 0.29) is 17.2 Å². The molecule has 4 rings (SSSR count). The summed E-state index contributed by atoms with van der Waals surface area (Å²) >= 11 is 0. The second-order valence-corrected chi connectivity index (χ2v) is 8.36. The molecule has 0 saturated carbocycles. The van der Waals surface area contributed by atoms with Crippen LogP contribution in [0.1, 0.15) is 25.0 Å². The SMILES string of the molecule is CCn1ncc2cc(Nc3nc(N[C@@H](Cc4ccccc4)[C@H](C)NC(=O)O)c(F)cc3C#N)ccc21. The van der Waals surface area contributed by atoms with E-state index in [0.717, 1.165) is 29.1 Å². The van der Waals surface area contributed by atoms with Crippen LogP contribution < -0.4 is 16.0 Å². The van der Waals surface area contributed by atoms with E-state index in [0.29, 0.717) is 12.1 Å². The zero-order valence-corrected chi connectivity index (χ0v) is 19.9. The van der Waals surface area contributed by atoms with E-state index in [1.54, 1.807) is 13.1 Å². The number of anilines is 3. The third-order valence-electron chi connectivity index (χ3n) is 5.88. The molecule has 0 unspecified atom stereocenters. The number of aromatic nitrogens is 3. The van der Waals surface area contributed by atoms with Crippen LogP contribution in [0.15, 0.2) is 60.8 Å². The molecule has 10 heteroatoms. The molecular weight excluding hydrogens is 461 g/mol. The van der Waals surface area contributed by atoms with Crippen LogP contribution in [0.2, 0.25) is 0 Å². The molecule has 36 heavy (non-hydrogen) atoms. The van der Waals surface area contributed by atoms with Crippen LogP contribution in [0.4, 0.5) is 26.5 Å². The highest BCUT2D eigenvalue weighted by Gasteiger charge is 2.23. The number of carboxylic acid groups (broad SMARTS) is 1. The highest BCUT2D eigenvalue weighted by atomic mass is 19.1. The minimum atomic E-state index is -1.18. The Labute approximate surface area is 207 Å². The Hall–Kier alpha value is -4.65. The average molecular weight is 488 g/mol. The number of fused-ring (bicyclic) bond motifs is 1. The third-order valence-corrected chi connectivity index (χ3v) is 5.88. The van der Waals surface area contributed by atoms with Crippen molar-refractivity contribution in [2.24, 2.45) is 0 Å². The predicted octanol–water partition coefficient (Wildman–Crippen LogP) is 4.88. The van der Waals surface area contributed by atoms with E-state index in [1.165, 1.54) is 0 Å². The van der Waals surface area contributed by atoms with Gasteiger partial charge < -0.3 is 21.1 Å². The van der Waals surface area contributed by atoms with Crippen LogP contribution in [0, 0.1) is 17.1 Å². The van der Waals surface area contributed by atoms with Crippen LogP contribution >= 0.6 is 0 Å². The van der Waals surface area contributed by atoms with Crippen molar-refractivity contribution in [1.82, 2.24) is 20.1 Å². The fraction of sp³-hybridized carbons (Fsp3) is 0.231. The maximum Gasteiger partial charge on any atom is 0.404 e. The molecule has 4 aromatic rings. The number of nitriles is 1. The molecule has 2 atom stereocenters. The lowest BCUT2D eigenvalue weighted by Crippen LogP contribution is -2.45. The summed E-state index contributed by atoms with van der Waals surface area (Å²) in [6.07, 6.45) is 0.995. The van der Waals surface area contributed by atoms with Gasteiger partial charge in [0.1, 0.15) is 6.07 Å². The van der Waals surface area contributed by atoms with E-state index in [2.05, 4.69) is 26.0 Å². The number of halogens is 1. The molecule has 4 N–H and O–H groups in total. The molecular formula is C26H26FN7O2. The maximum atomic E-state index is 15.0. The van der Waals surface area contributed by atoms with Gasteiger partial charge in [-0.25, -0.2) is 14.2 Å². The highest BCUT2D eigenvalue weighted by Crippen LogP contribution is 2.27. The van der Waals surface area contributed by atoms with Crippen molar-refractivity contribution >= 4 is 34.3 Å². The smallest absolute Gasteiger partial charge is 0.404 e. The average Bonchev–Trinajstić information content (AvgIpc) is 3.28. The number of nitrogens with one attached hydrogen (secondary N) is 3. The molecule has 1 amide bonds. The number of benzene rings is 2. The van der Waals surface area contributed by atoms with E-state index in [9.17, 15) is 19.6 Å². The number of amides is 1. The Morgan fingerprint density at radius 2 is 1.97 bits per heavy atom. The number of carbonyl (C=O) groups is 1. The molecule has 0 bridgehead atoms. The standard InChI is InChI=1S/C26H26FN7O2/c1-3-34-23-10-9-20(12-19(23)15-29-34)31-24-18(14-28)13-21(27)25(33-24)32-22(16(2)30-26(35)36)11-17-7-5-4-6-8-17/h4-10,12-13,15-16,22,30H,3,11H2,1-2H3,(H,35,36)(H2,31,32,33)/t16-,22-/m0/s1. The van der Waals surface area contributed by atoms with E-state index >= 15 is 0 Å². The summed E-state index contributed by atoms with van der Waals surface area (Å²) < 4.78 is 16.9. The molecule has 0 saturated heterocycles. The fourth-order valence-corrected chi connectivity index (χ4v) is 4.02. The zero-order valence-electron chi connectivity index (χ0n) is 19.9. The Kier molecular flexibility index (Phi) is 7.30. The second kappa shape index (κ2) is 10.7. The molecule has 2 aromatic heterocycles. The van der Waals surface area contributed by atoms with Gasteiger partial charge >= 0.3 is 6.09 Å². The lowest BCUT2D eigenvalue weighted by atomic mass is 10.0. The maximum absolute atomic E-state index is 15.0. The Morgan fingerprint density at radius 3 is 2.67 bits per heavy atom. The molecule has 2 heterocycles. The minimum absolute atomic E-state index is 0.0405. The Bertz CT molecular complexity index is 1420. The number of rotatable bonds is 9. The van der Waals surface area contributed by atoms with Gasteiger partial charge in [-0.1, -0.05) is 30.3 Å². The predicted molar refractivity (Wildman–Crippen MR) is 136 cm³/mol. The van der Waals surface area contributed by atoms with Crippen LogP contribution in [-0.2, 0) is 13.0 Å². The van der Waals surface area contributed by atoms with Gasteiger partial charge in [0.2, 0.25) is 0 Å². The van der Waals surface area contributed by atoms with Crippen LogP contribution in [0.25, 0.3) is 10.9 Å². The Morgan fingerprint density at radius 1 is 1.19 bits per heavy atom. The zero-order chi connectivity index (χ0) is 25.7. The summed E-state index contributed by atoms with van der Waals surface area (Å²) in [6, 6.07) is 17.1. The molecule has 0 aliphatic heterocycles. The highest BCUT2D eigenvalue weighted by molar-refractivity contribution is 5.83. The lowest BCUT2D eigenvalue weighted by Gasteiger charge is -2.26. The topological polar surface area (TPSA) is 128 Å². The fourth-order valence-electron chi connectivity index (χ4n) is 4.02. The first-order valence-electron chi connectivity index (χ1n) is 11.5.